The van der Waals surface area contributed by atoms with Gasteiger partial charge in [-0.1, -0.05) is 6.92 Å². The second-order valence-electron chi connectivity index (χ2n) is 5.10. The highest BCUT2D eigenvalue weighted by Crippen LogP contribution is 2.13. The van der Waals surface area contributed by atoms with Gasteiger partial charge in [0.15, 0.2) is 0 Å². The molecule has 2 rings (SSSR count). The van der Waals surface area contributed by atoms with E-state index in [-0.39, 0.29) is 24.4 Å². The second kappa shape index (κ2) is 6.18. The van der Waals surface area contributed by atoms with Crippen molar-refractivity contribution in [3.8, 4) is 0 Å². The van der Waals surface area contributed by atoms with Crippen LogP contribution < -0.4 is 5.32 Å². The number of carbonyl (C=O) groups excluding carboxylic acids is 2. The monoisotopic (exact) mass is 253 g/mol. The van der Waals surface area contributed by atoms with Crippen molar-refractivity contribution in [3.05, 3.63) is 0 Å². The Labute approximate surface area is 108 Å². The van der Waals surface area contributed by atoms with Gasteiger partial charge in [-0.25, -0.2) is 0 Å². The highest BCUT2D eigenvalue weighted by molar-refractivity contribution is 5.88. The Morgan fingerprint density at radius 2 is 2.00 bits per heavy atom. The molecule has 0 aromatic heterocycles. The number of piperidine rings is 1. The molecule has 2 aliphatic rings. The first kappa shape index (κ1) is 13.3. The van der Waals surface area contributed by atoms with Crippen LogP contribution in [-0.4, -0.2) is 60.4 Å². The lowest BCUT2D eigenvalue weighted by Gasteiger charge is -2.33. The Balaban J connectivity index is 1.87. The van der Waals surface area contributed by atoms with Crippen LogP contribution in [0.5, 0.6) is 0 Å². The molecule has 1 N–H and O–H groups in total. The van der Waals surface area contributed by atoms with Crippen molar-refractivity contribution >= 4 is 11.8 Å². The highest BCUT2D eigenvalue weighted by Gasteiger charge is 2.30. The fraction of sp³-hybridized carbons (Fsp3) is 0.846. The molecule has 0 aromatic carbocycles. The quantitative estimate of drug-likeness (QED) is 0.779. The average molecular weight is 253 g/mol. The van der Waals surface area contributed by atoms with Gasteiger partial charge in [-0.05, 0) is 32.2 Å². The fourth-order valence-corrected chi connectivity index (χ4v) is 2.76. The molecule has 0 aliphatic carbocycles. The molecule has 0 spiro atoms. The third-order valence-corrected chi connectivity index (χ3v) is 3.77. The first-order valence-electron chi connectivity index (χ1n) is 7.02. The van der Waals surface area contributed by atoms with Crippen molar-refractivity contribution < 1.29 is 9.59 Å². The van der Waals surface area contributed by atoms with Crippen LogP contribution in [0.3, 0.4) is 0 Å². The zero-order valence-electron chi connectivity index (χ0n) is 11.2. The molecule has 1 atom stereocenters. The van der Waals surface area contributed by atoms with E-state index < -0.39 is 0 Å². The normalized spacial score (nSPS) is 24.7. The van der Waals surface area contributed by atoms with E-state index >= 15 is 0 Å². The van der Waals surface area contributed by atoms with Crippen LogP contribution in [0.15, 0.2) is 0 Å². The Hall–Kier alpha value is -1.10. The standard InChI is InChI=1S/C13H23N3O2/c1-2-14-11-6-5-9-16(13(11)18)10-12(17)15-7-3-4-8-15/h11,14H,2-10H2,1H3. The molecule has 2 saturated heterocycles. The molecule has 2 amide bonds. The summed E-state index contributed by atoms with van der Waals surface area (Å²) in [5, 5.41) is 3.19. The summed E-state index contributed by atoms with van der Waals surface area (Å²) in [5.41, 5.74) is 0. The first-order valence-corrected chi connectivity index (χ1v) is 7.02. The molecule has 2 heterocycles. The average Bonchev–Trinajstić information content (AvgIpc) is 2.88. The maximum absolute atomic E-state index is 12.2. The number of amides is 2. The topological polar surface area (TPSA) is 52.7 Å². The third-order valence-electron chi connectivity index (χ3n) is 3.77. The van der Waals surface area contributed by atoms with E-state index in [2.05, 4.69) is 5.32 Å². The smallest absolute Gasteiger partial charge is 0.242 e. The molecule has 18 heavy (non-hydrogen) atoms. The van der Waals surface area contributed by atoms with E-state index in [9.17, 15) is 9.59 Å². The van der Waals surface area contributed by atoms with Gasteiger partial charge >= 0.3 is 0 Å². The van der Waals surface area contributed by atoms with E-state index in [0.29, 0.717) is 0 Å². The fourth-order valence-electron chi connectivity index (χ4n) is 2.76. The van der Waals surface area contributed by atoms with Gasteiger partial charge in [0.25, 0.3) is 0 Å². The summed E-state index contributed by atoms with van der Waals surface area (Å²) in [4.78, 5) is 27.8. The van der Waals surface area contributed by atoms with Gasteiger partial charge in [0.1, 0.15) is 0 Å². The van der Waals surface area contributed by atoms with E-state index in [1.165, 1.54) is 0 Å². The zero-order chi connectivity index (χ0) is 13.0. The van der Waals surface area contributed by atoms with Gasteiger partial charge in [-0.3, -0.25) is 9.59 Å². The number of carbonyl (C=O) groups is 2. The summed E-state index contributed by atoms with van der Waals surface area (Å²) < 4.78 is 0. The van der Waals surface area contributed by atoms with Crippen molar-refractivity contribution in [2.24, 2.45) is 0 Å². The molecule has 5 nitrogen and oxygen atoms in total. The van der Waals surface area contributed by atoms with Crippen molar-refractivity contribution in [3.63, 3.8) is 0 Å². The van der Waals surface area contributed by atoms with E-state index in [0.717, 1.165) is 51.9 Å². The number of likely N-dealkylation sites (N-methyl/N-ethyl adjacent to an activating group) is 1. The van der Waals surface area contributed by atoms with Gasteiger partial charge in [0.05, 0.1) is 12.6 Å². The van der Waals surface area contributed by atoms with Crippen LogP contribution in [0.4, 0.5) is 0 Å². The van der Waals surface area contributed by atoms with Crippen molar-refractivity contribution in [1.29, 1.82) is 0 Å². The Bertz CT molecular complexity index is 311. The van der Waals surface area contributed by atoms with Gasteiger partial charge in [-0.15, -0.1) is 0 Å². The lowest BCUT2D eigenvalue weighted by molar-refractivity contribution is -0.143. The molecule has 2 aliphatic heterocycles. The predicted molar refractivity (Wildman–Crippen MR) is 69.1 cm³/mol. The second-order valence-corrected chi connectivity index (χ2v) is 5.10. The summed E-state index contributed by atoms with van der Waals surface area (Å²) in [6.45, 7) is 5.50. The zero-order valence-corrected chi connectivity index (χ0v) is 11.2. The van der Waals surface area contributed by atoms with E-state index in [4.69, 9.17) is 0 Å². The lowest BCUT2D eigenvalue weighted by atomic mass is 10.0. The summed E-state index contributed by atoms with van der Waals surface area (Å²) in [6, 6.07) is -0.0878. The molecule has 102 valence electrons. The van der Waals surface area contributed by atoms with Crippen molar-refractivity contribution in [1.82, 2.24) is 15.1 Å². The molecule has 0 saturated carbocycles. The molecule has 2 fully saturated rings. The van der Waals surface area contributed by atoms with Crippen LogP contribution in [0, 0.1) is 0 Å². The molecule has 0 bridgehead atoms. The van der Waals surface area contributed by atoms with Gasteiger partial charge in [0.2, 0.25) is 11.8 Å². The molecule has 1 unspecified atom stereocenters. The van der Waals surface area contributed by atoms with Crippen LogP contribution in [0.1, 0.15) is 32.6 Å². The molecule has 0 aromatic rings. The van der Waals surface area contributed by atoms with Gasteiger partial charge in [0, 0.05) is 19.6 Å². The van der Waals surface area contributed by atoms with Gasteiger partial charge in [-0.2, -0.15) is 0 Å². The molecular weight excluding hydrogens is 230 g/mol. The molecule has 0 radical (unpaired) electrons. The highest BCUT2D eigenvalue weighted by atomic mass is 16.2. The molecule has 5 heteroatoms. The van der Waals surface area contributed by atoms with Crippen molar-refractivity contribution in [2.75, 3.05) is 32.7 Å². The number of hydrogen-bond acceptors (Lipinski definition) is 3. The maximum Gasteiger partial charge on any atom is 0.242 e. The SMILES string of the molecule is CCNC1CCCN(CC(=O)N2CCCC2)C1=O. The van der Waals surface area contributed by atoms with E-state index in [1.54, 1.807) is 4.90 Å². The first-order chi connectivity index (χ1) is 8.72. The minimum atomic E-state index is -0.0878. The number of nitrogens with one attached hydrogen (secondary N) is 1. The van der Waals surface area contributed by atoms with Crippen LogP contribution >= 0.6 is 0 Å². The van der Waals surface area contributed by atoms with Gasteiger partial charge < -0.3 is 15.1 Å². The minimum absolute atomic E-state index is 0.0878. The number of hydrogen-bond donors (Lipinski definition) is 1. The number of nitrogens with zero attached hydrogens (tertiary/aromatic N) is 2. The predicted octanol–water partition coefficient (Wildman–Crippen LogP) is 0.209. The lowest BCUT2D eigenvalue weighted by Crippen LogP contribution is -2.53. The summed E-state index contributed by atoms with van der Waals surface area (Å²) in [7, 11) is 0. The number of likely N-dealkylation sites (tertiary alicyclic amines) is 2. The van der Waals surface area contributed by atoms with Crippen LogP contribution in [0.25, 0.3) is 0 Å². The minimum Gasteiger partial charge on any atom is -0.341 e. The van der Waals surface area contributed by atoms with Crippen LogP contribution in [0.2, 0.25) is 0 Å². The molecular formula is C13H23N3O2. The largest absolute Gasteiger partial charge is 0.341 e. The Morgan fingerprint density at radius 1 is 1.28 bits per heavy atom. The van der Waals surface area contributed by atoms with Crippen molar-refractivity contribution in [2.45, 2.75) is 38.6 Å². The maximum atomic E-state index is 12.2. The Morgan fingerprint density at radius 3 is 2.67 bits per heavy atom. The third kappa shape index (κ3) is 3.02. The number of rotatable bonds is 4. The summed E-state index contributed by atoms with van der Waals surface area (Å²) in [5.74, 6) is 0.202. The van der Waals surface area contributed by atoms with E-state index in [1.807, 2.05) is 11.8 Å². The summed E-state index contributed by atoms with van der Waals surface area (Å²) in [6.07, 6.45) is 4.07. The Kier molecular flexibility index (Phi) is 4.58. The summed E-state index contributed by atoms with van der Waals surface area (Å²) >= 11 is 0. The van der Waals surface area contributed by atoms with Crippen LogP contribution in [-0.2, 0) is 9.59 Å².